The normalized spacial score (nSPS) is 11.4. The molecular formula is C55H35N3. The molecule has 2 aromatic heterocycles. The largest absolute Gasteiger partial charge is 0.248 e. The van der Waals surface area contributed by atoms with Gasteiger partial charge in [-0.25, -0.2) is 15.0 Å². The van der Waals surface area contributed by atoms with Crippen molar-refractivity contribution in [1.29, 1.82) is 0 Å². The van der Waals surface area contributed by atoms with Gasteiger partial charge in [-0.3, -0.25) is 0 Å². The van der Waals surface area contributed by atoms with Crippen LogP contribution in [-0.4, -0.2) is 15.0 Å². The predicted molar refractivity (Wildman–Crippen MR) is 242 cm³/mol. The Morgan fingerprint density at radius 3 is 1.60 bits per heavy atom. The molecule has 11 rings (SSSR count). The lowest BCUT2D eigenvalue weighted by Gasteiger charge is -2.15. The highest BCUT2D eigenvalue weighted by Gasteiger charge is 2.16. The van der Waals surface area contributed by atoms with Gasteiger partial charge in [0.25, 0.3) is 0 Å². The quantitative estimate of drug-likeness (QED) is 0.160. The summed E-state index contributed by atoms with van der Waals surface area (Å²) in [5.74, 6) is 0.697. The smallest absolute Gasteiger partial charge is 0.160 e. The SMILES string of the molecule is c1ccc(-c2cc(-c3cccc(-c4cc(-c5ccc6ccccc6c5)nc5ccc(-c6cc7ccccc7c7ccccc67)cc45)c3)nc(-c3ccccc3)n2)cc1. The van der Waals surface area contributed by atoms with Crippen LogP contribution in [0.5, 0.6) is 0 Å². The van der Waals surface area contributed by atoms with Gasteiger partial charge in [-0.1, -0.05) is 170 Å². The standard InChI is InChI=1S/C55H35N3/c1-3-15-37(16-4-1)53-35-54(58-55(57-53)38-17-5-2-6-18-38)43-22-13-21-40(31-43)49-34-52(44-27-26-36-14-7-8-19-39(36)30-44)56-51-29-28-42(33-50(49)51)48-32-41-20-9-10-23-45(41)46-24-11-12-25-47(46)48/h1-35H. The summed E-state index contributed by atoms with van der Waals surface area (Å²) in [4.78, 5) is 15.6. The fourth-order valence-corrected chi connectivity index (χ4v) is 8.34. The molecular weight excluding hydrogens is 703 g/mol. The van der Waals surface area contributed by atoms with Crippen molar-refractivity contribution in [3.05, 3.63) is 212 Å². The van der Waals surface area contributed by atoms with Crippen molar-refractivity contribution in [1.82, 2.24) is 15.0 Å². The third kappa shape index (κ3) is 6.07. The first-order valence-electron chi connectivity index (χ1n) is 19.7. The van der Waals surface area contributed by atoms with Gasteiger partial charge in [-0.15, -0.1) is 0 Å². The average Bonchev–Trinajstić information content (AvgIpc) is 3.31. The van der Waals surface area contributed by atoms with Crippen LogP contribution in [0.25, 0.3) is 111 Å². The zero-order valence-corrected chi connectivity index (χ0v) is 31.5. The highest BCUT2D eigenvalue weighted by molar-refractivity contribution is 6.14. The van der Waals surface area contributed by atoms with E-state index < -0.39 is 0 Å². The van der Waals surface area contributed by atoms with Crippen LogP contribution in [0.2, 0.25) is 0 Å². The third-order valence-corrected chi connectivity index (χ3v) is 11.2. The molecule has 2 heterocycles. The molecule has 58 heavy (non-hydrogen) atoms. The van der Waals surface area contributed by atoms with Crippen LogP contribution in [0, 0.1) is 0 Å². The van der Waals surface area contributed by atoms with Crippen LogP contribution >= 0.6 is 0 Å². The number of hydrogen-bond donors (Lipinski definition) is 0. The van der Waals surface area contributed by atoms with Crippen LogP contribution in [-0.2, 0) is 0 Å². The average molecular weight is 738 g/mol. The Balaban J connectivity index is 1.13. The summed E-state index contributed by atoms with van der Waals surface area (Å²) in [5, 5.41) is 8.47. The maximum Gasteiger partial charge on any atom is 0.160 e. The molecule has 0 aliphatic rings. The molecule has 0 aliphatic carbocycles. The monoisotopic (exact) mass is 737 g/mol. The van der Waals surface area contributed by atoms with E-state index in [1.54, 1.807) is 0 Å². The van der Waals surface area contributed by atoms with Crippen molar-refractivity contribution >= 4 is 43.2 Å². The van der Waals surface area contributed by atoms with Crippen molar-refractivity contribution in [2.24, 2.45) is 0 Å². The Kier molecular flexibility index (Phi) is 8.15. The van der Waals surface area contributed by atoms with Gasteiger partial charge in [0.1, 0.15) is 0 Å². The number of hydrogen-bond acceptors (Lipinski definition) is 3. The second-order valence-corrected chi connectivity index (χ2v) is 14.8. The molecule has 0 fully saturated rings. The lowest BCUT2D eigenvalue weighted by molar-refractivity contribution is 1.18. The predicted octanol–water partition coefficient (Wildman–Crippen LogP) is 14.5. The van der Waals surface area contributed by atoms with E-state index in [1.807, 2.05) is 24.3 Å². The zero-order chi connectivity index (χ0) is 38.4. The maximum atomic E-state index is 5.34. The van der Waals surface area contributed by atoms with Gasteiger partial charge in [0.15, 0.2) is 5.82 Å². The Morgan fingerprint density at radius 1 is 0.241 bits per heavy atom. The third-order valence-electron chi connectivity index (χ3n) is 11.2. The van der Waals surface area contributed by atoms with Crippen LogP contribution in [0.4, 0.5) is 0 Å². The molecule has 11 aromatic rings. The van der Waals surface area contributed by atoms with E-state index in [1.165, 1.54) is 37.9 Å². The van der Waals surface area contributed by atoms with Crippen molar-refractivity contribution in [3.63, 3.8) is 0 Å². The van der Waals surface area contributed by atoms with E-state index in [0.717, 1.165) is 66.9 Å². The molecule has 3 heteroatoms. The van der Waals surface area contributed by atoms with Crippen LogP contribution in [0.1, 0.15) is 0 Å². The maximum absolute atomic E-state index is 5.34. The molecule has 0 radical (unpaired) electrons. The number of fused-ring (bicyclic) bond motifs is 5. The second-order valence-electron chi connectivity index (χ2n) is 14.8. The summed E-state index contributed by atoms with van der Waals surface area (Å²) in [6.45, 7) is 0. The summed E-state index contributed by atoms with van der Waals surface area (Å²) in [7, 11) is 0. The van der Waals surface area contributed by atoms with E-state index in [4.69, 9.17) is 15.0 Å². The Hall–Kier alpha value is -7.75. The Morgan fingerprint density at radius 2 is 0.793 bits per heavy atom. The molecule has 0 N–H and O–H groups in total. The van der Waals surface area contributed by atoms with Crippen molar-refractivity contribution in [2.45, 2.75) is 0 Å². The first kappa shape index (κ1) is 33.6. The van der Waals surface area contributed by atoms with Gasteiger partial charge in [0, 0.05) is 27.6 Å². The highest BCUT2D eigenvalue weighted by Crippen LogP contribution is 2.40. The van der Waals surface area contributed by atoms with E-state index in [0.29, 0.717) is 5.82 Å². The minimum Gasteiger partial charge on any atom is -0.248 e. The minimum absolute atomic E-state index is 0.697. The van der Waals surface area contributed by atoms with Crippen LogP contribution in [0.3, 0.4) is 0 Å². The van der Waals surface area contributed by atoms with Gasteiger partial charge in [-0.2, -0.15) is 0 Å². The molecule has 270 valence electrons. The van der Waals surface area contributed by atoms with E-state index in [9.17, 15) is 0 Å². The molecule has 0 spiro atoms. The Bertz CT molecular complexity index is 3280. The van der Waals surface area contributed by atoms with E-state index in [-0.39, 0.29) is 0 Å². The fourth-order valence-electron chi connectivity index (χ4n) is 8.34. The molecule has 0 saturated heterocycles. The molecule has 0 aliphatic heterocycles. The minimum atomic E-state index is 0.697. The second kappa shape index (κ2) is 14.1. The van der Waals surface area contributed by atoms with Crippen molar-refractivity contribution in [3.8, 4) is 67.4 Å². The Labute approximate surface area is 336 Å². The number of aromatic nitrogens is 3. The van der Waals surface area contributed by atoms with Gasteiger partial charge >= 0.3 is 0 Å². The van der Waals surface area contributed by atoms with Crippen molar-refractivity contribution in [2.75, 3.05) is 0 Å². The fraction of sp³-hybridized carbons (Fsp3) is 0. The lowest BCUT2D eigenvalue weighted by Crippen LogP contribution is -1.96. The highest BCUT2D eigenvalue weighted by atomic mass is 14.9. The first-order valence-corrected chi connectivity index (χ1v) is 19.7. The first-order chi connectivity index (χ1) is 28.7. The zero-order valence-electron chi connectivity index (χ0n) is 31.5. The summed E-state index contributed by atoms with van der Waals surface area (Å²) in [6, 6.07) is 75.3. The molecule has 3 nitrogen and oxygen atoms in total. The number of benzene rings is 9. The lowest BCUT2D eigenvalue weighted by atomic mass is 9.90. The molecule has 0 amide bonds. The van der Waals surface area contributed by atoms with Gasteiger partial charge in [-0.05, 0) is 97.0 Å². The topological polar surface area (TPSA) is 38.7 Å². The van der Waals surface area contributed by atoms with Crippen LogP contribution in [0.15, 0.2) is 212 Å². The van der Waals surface area contributed by atoms with Gasteiger partial charge in [0.05, 0.1) is 22.6 Å². The molecule has 9 aromatic carbocycles. The summed E-state index contributed by atoms with van der Waals surface area (Å²) in [5.41, 5.74) is 12.3. The summed E-state index contributed by atoms with van der Waals surface area (Å²) < 4.78 is 0. The van der Waals surface area contributed by atoms with Gasteiger partial charge in [0.2, 0.25) is 0 Å². The number of pyridine rings is 1. The number of rotatable bonds is 6. The molecule has 0 bridgehead atoms. The summed E-state index contributed by atoms with van der Waals surface area (Å²) in [6.07, 6.45) is 0. The van der Waals surface area contributed by atoms with E-state index >= 15 is 0 Å². The number of nitrogens with zero attached hydrogens (tertiary/aromatic N) is 3. The van der Waals surface area contributed by atoms with Crippen molar-refractivity contribution < 1.29 is 0 Å². The molecule has 0 saturated carbocycles. The molecule has 0 unspecified atom stereocenters. The van der Waals surface area contributed by atoms with E-state index in [2.05, 4.69) is 188 Å². The van der Waals surface area contributed by atoms with Gasteiger partial charge < -0.3 is 0 Å². The summed E-state index contributed by atoms with van der Waals surface area (Å²) >= 11 is 0. The molecule has 0 atom stereocenters. The van der Waals surface area contributed by atoms with Crippen LogP contribution < -0.4 is 0 Å².